The SMILES string of the molecule is C=CCN(C)P(=O)(OC)OC. The maximum atomic E-state index is 11.5. The summed E-state index contributed by atoms with van der Waals surface area (Å²) in [4.78, 5) is 0. The maximum Gasteiger partial charge on any atom is 0.407 e. The molecule has 0 aromatic carbocycles. The summed E-state index contributed by atoms with van der Waals surface area (Å²) < 4.78 is 22.4. The summed E-state index contributed by atoms with van der Waals surface area (Å²) in [6.07, 6.45) is 1.63. The van der Waals surface area contributed by atoms with Crippen LogP contribution in [0.2, 0.25) is 0 Å². The Bertz CT molecular complexity index is 163. The van der Waals surface area contributed by atoms with E-state index in [1.165, 1.54) is 18.9 Å². The molecule has 0 aromatic heterocycles. The minimum absolute atomic E-state index is 0.471. The highest BCUT2D eigenvalue weighted by Crippen LogP contribution is 2.48. The third-order valence-corrected chi connectivity index (χ3v) is 3.20. The van der Waals surface area contributed by atoms with E-state index in [2.05, 4.69) is 6.58 Å². The van der Waals surface area contributed by atoms with Crippen LogP contribution in [0.4, 0.5) is 0 Å². The zero-order chi connectivity index (χ0) is 8.91. The zero-order valence-corrected chi connectivity index (χ0v) is 8.01. The molecular weight excluding hydrogens is 165 g/mol. The van der Waals surface area contributed by atoms with Crippen molar-refractivity contribution in [1.29, 1.82) is 0 Å². The first-order chi connectivity index (χ1) is 5.10. The summed E-state index contributed by atoms with van der Waals surface area (Å²) in [5, 5.41) is 0. The molecule has 0 aliphatic carbocycles. The van der Waals surface area contributed by atoms with Crippen molar-refractivity contribution in [2.45, 2.75) is 0 Å². The highest BCUT2D eigenvalue weighted by atomic mass is 31.2. The number of rotatable bonds is 5. The lowest BCUT2D eigenvalue weighted by Gasteiger charge is -2.22. The van der Waals surface area contributed by atoms with Crippen LogP contribution in [-0.4, -0.2) is 32.5 Å². The summed E-state index contributed by atoms with van der Waals surface area (Å²) in [6, 6.07) is 0. The molecule has 0 radical (unpaired) electrons. The molecule has 0 N–H and O–H groups in total. The Hall–Kier alpha value is -0.150. The van der Waals surface area contributed by atoms with Gasteiger partial charge in [-0.3, -0.25) is 9.05 Å². The van der Waals surface area contributed by atoms with E-state index in [4.69, 9.17) is 9.05 Å². The molecule has 0 fully saturated rings. The van der Waals surface area contributed by atoms with Crippen LogP contribution in [0.5, 0.6) is 0 Å². The van der Waals surface area contributed by atoms with Gasteiger partial charge in [0.1, 0.15) is 0 Å². The van der Waals surface area contributed by atoms with Crippen LogP contribution >= 0.6 is 7.75 Å². The van der Waals surface area contributed by atoms with Crippen LogP contribution < -0.4 is 0 Å². The topological polar surface area (TPSA) is 38.8 Å². The molecule has 0 rings (SSSR count). The third kappa shape index (κ3) is 2.75. The molecule has 0 unspecified atom stereocenters. The molecular formula is C6H14NO3P. The van der Waals surface area contributed by atoms with Gasteiger partial charge >= 0.3 is 7.75 Å². The quantitative estimate of drug-likeness (QED) is 0.473. The van der Waals surface area contributed by atoms with Gasteiger partial charge in [-0.15, -0.1) is 6.58 Å². The highest BCUT2D eigenvalue weighted by molar-refractivity contribution is 7.51. The average molecular weight is 179 g/mol. The lowest BCUT2D eigenvalue weighted by molar-refractivity contribution is 0.226. The fourth-order valence-electron chi connectivity index (χ4n) is 0.640. The van der Waals surface area contributed by atoms with E-state index < -0.39 is 7.75 Å². The number of nitrogens with zero attached hydrogens (tertiary/aromatic N) is 1. The van der Waals surface area contributed by atoms with Gasteiger partial charge in [-0.2, -0.15) is 0 Å². The van der Waals surface area contributed by atoms with Crippen molar-refractivity contribution in [3.05, 3.63) is 12.7 Å². The van der Waals surface area contributed by atoms with E-state index >= 15 is 0 Å². The molecule has 0 saturated heterocycles. The van der Waals surface area contributed by atoms with Crippen LogP contribution in [0.15, 0.2) is 12.7 Å². The fraction of sp³-hybridized carbons (Fsp3) is 0.667. The lowest BCUT2D eigenvalue weighted by atomic mass is 10.6. The van der Waals surface area contributed by atoms with Gasteiger partial charge < -0.3 is 0 Å². The van der Waals surface area contributed by atoms with E-state index in [0.29, 0.717) is 6.54 Å². The van der Waals surface area contributed by atoms with Crippen LogP contribution in [0.25, 0.3) is 0 Å². The van der Waals surface area contributed by atoms with Gasteiger partial charge in [0.15, 0.2) is 0 Å². The molecule has 0 aliphatic heterocycles. The molecule has 0 aliphatic rings. The summed E-state index contributed by atoms with van der Waals surface area (Å²) >= 11 is 0. The molecule has 4 nitrogen and oxygen atoms in total. The Kier molecular flexibility index (Phi) is 4.61. The van der Waals surface area contributed by atoms with Gasteiger partial charge in [0.25, 0.3) is 0 Å². The first kappa shape index (κ1) is 10.8. The van der Waals surface area contributed by atoms with E-state index in [0.717, 1.165) is 0 Å². The molecule has 0 bridgehead atoms. The van der Waals surface area contributed by atoms with Crippen molar-refractivity contribution in [2.24, 2.45) is 0 Å². The fourth-order valence-corrected chi connectivity index (χ4v) is 1.66. The number of likely N-dealkylation sites (N-methyl/N-ethyl adjacent to an activating group) is 1. The van der Waals surface area contributed by atoms with Crippen LogP contribution in [0.3, 0.4) is 0 Å². The molecule has 66 valence electrons. The smallest absolute Gasteiger partial charge is 0.300 e. The van der Waals surface area contributed by atoms with E-state index in [9.17, 15) is 4.57 Å². The minimum Gasteiger partial charge on any atom is -0.300 e. The Balaban J connectivity index is 4.24. The zero-order valence-electron chi connectivity index (χ0n) is 7.11. The van der Waals surface area contributed by atoms with Gasteiger partial charge in [-0.1, -0.05) is 6.08 Å². The summed E-state index contributed by atoms with van der Waals surface area (Å²) in [7, 11) is 1.32. The largest absolute Gasteiger partial charge is 0.407 e. The average Bonchev–Trinajstić information content (AvgIpc) is 2.03. The van der Waals surface area contributed by atoms with Crippen molar-refractivity contribution < 1.29 is 13.6 Å². The molecule has 0 saturated carbocycles. The van der Waals surface area contributed by atoms with Gasteiger partial charge in [-0.05, 0) is 7.05 Å². The summed E-state index contributed by atoms with van der Waals surface area (Å²) in [5.41, 5.74) is 0. The monoisotopic (exact) mass is 179 g/mol. The maximum absolute atomic E-state index is 11.5. The van der Waals surface area contributed by atoms with Gasteiger partial charge in [0, 0.05) is 20.8 Å². The van der Waals surface area contributed by atoms with Crippen LogP contribution in [-0.2, 0) is 13.6 Å². The molecule has 5 heteroatoms. The minimum atomic E-state index is -3.03. The second-order valence-corrected chi connectivity index (χ2v) is 4.31. The number of hydrogen-bond acceptors (Lipinski definition) is 3. The standard InChI is InChI=1S/C6H14NO3P/c1-5-6-7(2)11(8,9-3)10-4/h5H,1,6H2,2-4H3. The van der Waals surface area contributed by atoms with Gasteiger partial charge in [-0.25, -0.2) is 9.24 Å². The molecule has 0 aromatic rings. The predicted octanol–water partition coefficient (Wildman–Crippen LogP) is 1.51. The highest BCUT2D eigenvalue weighted by Gasteiger charge is 2.26. The second kappa shape index (κ2) is 4.67. The van der Waals surface area contributed by atoms with E-state index in [1.54, 1.807) is 13.1 Å². The van der Waals surface area contributed by atoms with Crippen LogP contribution in [0, 0.1) is 0 Å². The van der Waals surface area contributed by atoms with Gasteiger partial charge in [0.2, 0.25) is 0 Å². The third-order valence-electron chi connectivity index (χ3n) is 1.27. The van der Waals surface area contributed by atoms with Crippen molar-refractivity contribution in [2.75, 3.05) is 27.8 Å². The summed E-state index contributed by atoms with van der Waals surface area (Å²) in [6.45, 7) is 3.98. The first-order valence-corrected chi connectivity index (χ1v) is 4.64. The Morgan fingerprint density at radius 2 is 2.00 bits per heavy atom. The van der Waals surface area contributed by atoms with Crippen LogP contribution in [0.1, 0.15) is 0 Å². The predicted molar refractivity (Wildman–Crippen MR) is 44.5 cm³/mol. The van der Waals surface area contributed by atoms with Crippen molar-refractivity contribution >= 4 is 7.75 Å². The normalized spacial score (nSPS) is 12.0. The molecule has 0 atom stereocenters. The van der Waals surface area contributed by atoms with Crippen molar-refractivity contribution in [3.8, 4) is 0 Å². The Morgan fingerprint density at radius 3 is 2.27 bits per heavy atom. The lowest BCUT2D eigenvalue weighted by Crippen LogP contribution is -2.16. The molecule has 0 amide bonds. The van der Waals surface area contributed by atoms with Crippen molar-refractivity contribution in [1.82, 2.24) is 4.67 Å². The molecule has 0 spiro atoms. The summed E-state index contributed by atoms with van der Waals surface area (Å²) in [5.74, 6) is 0. The van der Waals surface area contributed by atoms with Crippen molar-refractivity contribution in [3.63, 3.8) is 0 Å². The van der Waals surface area contributed by atoms with E-state index in [1.807, 2.05) is 0 Å². The first-order valence-electron chi connectivity index (χ1n) is 3.14. The molecule has 0 heterocycles. The van der Waals surface area contributed by atoms with Gasteiger partial charge in [0.05, 0.1) is 0 Å². The van der Waals surface area contributed by atoms with E-state index in [-0.39, 0.29) is 0 Å². The molecule has 11 heavy (non-hydrogen) atoms. The Morgan fingerprint density at radius 1 is 1.55 bits per heavy atom. The number of hydrogen-bond donors (Lipinski definition) is 0. The second-order valence-electron chi connectivity index (χ2n) is 1.96. The Labute approximate surface area is 67.4 Å².